The van der Waals surface area contributed by atoms with Gasteiger partial charge >= 0.3 is 0 Å². The first-order valence-electron chi connectivity index (χ1n) is 23.8. The summed E-state index contributed by atoms with van der Waals surface area (Å²) in [5.41, 5.74) is 21.0. The first kappa shape index (κ1) is 43.0. The lowest BCUT2D eigenvalue weighted by Crippen LogP contribution is -2.16. The fraction of sp³-hybridized carbons (Fsp3) is 0.188. The predicted octanol–water partition coefficient (Wildman–Crippen LogP) is 17.3. The number of nitrogens with zero attached hydrogens (tertiary/aromatic N) is 2. The highest BCUT2D eigenvalue weighted by molar-refractivity contribution is 6.13. The number of para-hydroxylation sites is 2. The fourth-order valence-corrected chi connectivity index (χ4v) is 10.3. The number of phenols is 1. The SMILES string of the molecule is Cc1cc(-c2cccc3c2oc2c(-c4ccccc4)cccc23)cc(-c2cccc(-c3cc(-c4cc(C(C)(C)C)cc(C(C)(C)C)c4)cc(-c4cc5c(cc4O)-c4ccccc4C5(C)C)n3)c2)n1. The summed E-state index contributed by atoms with van der Waals surface area (Å²) in [5.74, 6) is 0.215. The molecule has 11 rings (SSSR count). The molecular weight excluding hydrogens is 829 g/mol. The Bertz CT molecular complexity index is 3600. The number of rotatable bonds is 6. The molecule has 3 heterocycles. The van der Waals surface area contributed by atoms with Crippen LogP contribution in [0.1, 0.15) is 83.3 Å². The Morgan fingerprint density at radius 1 is 0.412 bits per heavy atom. The van der Waals surface area contributed by atoms with Crippen molar-refractivity contribution in [2.45, 2.75) is 78.6 Å². The van der Waals surface area contributed by atoms with E-state index in [1.807, 2.05) is 12.1 Å². The summed E-state index contributed by atoms with van der Waals surface area (Å²) in [6, 6.07) is 60.2. The zero-order valence-corrected chi connectivity index (χ0v) is 40.4. The molecule has 4 heteroatoms. The summed E-state index contributed by atoms with van der Waals surface area (Å²) in [4.78, 5) is 10.6. The maximum absolute atomic E-state index is 12.0. The lowest BCUT2D eigenvalue weighted by molar-refractivity contribution is 0.477. The quantitative estimate of drug-likeness (QED) is 0.181. The minimum absolute atomic E-state index is 0.0669. The second kappa shape index (κ2) is 15.8. The van der Waals surface area contributed by atoms with Crippen LogP contribution in [0.3, 0.4) is 0 Å². The van der Waals surface area contributed by atoms with Crippen LogP contribution in [0.4, 0.5) is 0 Å². The van der Waals surface area contributed by atoms with Crippen molar-refractivity contribution in [2.24, 2.45) is 0 Å². The van der Waals surface area contributed by atoms with Crippen LogP contribution in [-0.2, 0) is 16.2 Å². The molecule has 0 unspecified atom stereocenters. The number of fused-ring (bicyclic) bond motifs is 6. The van der Waals surface area contributed by atoms with Crippen LogP contribution in [-0.4, -0.2) is 15.1 Å². The second-order valence-electron chi connectivity index (χ2n) is 21.3. The number of furan rings is 1. The highest BCUT2D eigenvalue weighted by Gasteiger charge is 2.36. The molecule has 334 valence electrons. The molecule has 1 aliphatic carbocycles. The van der Waals surface area contributed by atoms with Gasteiger partial charge in [0.2, 0.25) is 0 Å². The van der Waals surface area contributed by atoms with Crippen molar-refractivity contribution in [1.29, 1.82) is 0 Å². The number of phenolic OH excluding ortho intramolecular Hbond substituents is 1. The van der Waals surface area contributed by atoms with E-state index in [2.05, 4.69) is 220 Å². The van der Waals surface area contributed by atoms with E-state index in [-0.39, 0.29) is 22.0 Å². The van der Waals surface area contributed by atoms with Crippen LogP contribution in [0.2, 0.25) is 0 Å². The lowest BCUT2D eigenvalue weighted by Gasteiger charge is -2.26. The Morgan fingerprint density at radius 3 is 1.60 bits per heavy atom. The summed E-state index contributed by atoms with van der Waals surface area (Å²) >= 11 is 0. The summed E-state index contributed by atoms with van der Waals surface area (Å²) in [7, 11) is 0. The standard InChI is InChI=1S/C64H56N2O2/c1-38-28-44(48-24-17-26-51-50-25-16-23-47(60(50)68-61(48)51)39-18-11-10-12-19-39)34-56(65-38)40-20-15-21-41(29-40)57-32-43(42-30-45(62(2,3)4)35-46(31-42)63(5,6)7)33-58(66-57)53-36-55-52(37-59(53)67)49-22-13-14-27-54(49)64(55,8)9/h10-37,67H,1-9H3. The molecule has 0 spiro atoms. The van der Waals surface area contributed by atoms with Gasteiger partial charge in [-0.1, -0.05) is 183 Å². The van der Waals surface area contributed by atoms with Gasteiger partial charge in [-0.2, -0.15) is 0 Å². The van der Waals surface area contributed by atoms with Gasteiger partial charge in [-0.15, -0.1) is 0 Å². The van der Waals surface area contributed by atoms with Crippen LogP contribution in [0.5, 0.6) is 5.75 Å². The molecule has 68 heavy (non-hydrogen) atoms. The molecule has 0 amide bonds. The molecule has 3 aromatic heterocycles. The number of hydrogen-bond acceptors (Lipinski definition) is 4. The molecule has 0 bridgehead atoms. The Balaban J connectivity index is 1.06. The number of aromatic nitrogens is 2. The van der Waals surface area contributed by atoms with Crippen LogP contribution >= 0.6 is 0 Å². The highest BCUT2D eigenvalue weighted by Crippen LogP contribution is 2.52. The van der Waals surface area contributed by atoms with Gasteiger partial charge in [0.1, 0.15) is 16.9 Å². The molecular formula is C64H56N2O2. The van der Waals surface area contributed by atoms with Gasteiger partial charge in [0.05, 0.1) is 17.1 Å². The zero-order valence-electron chi connectivity index (χ0n) is 40.4. The van der Waals surface area contributed by atoms with Crippen molar-refractivity contribution in [3.05, 3.63) is 198 Å². The molecule has 4 nitrogen and oxygen atoms in total. The van der Waals surface area contributed by atoms with Gasteiger partial charge in [-0.05, 0) is 116 Å². The average Bonchev–Trinajstić information content (AvgIpc) is 3.82. The fourth-order valence-electron chi connectivity index (χ4n) is 10.3. The Hall–Kier alpha value is -7.56. The summed E-state index contributed by atoms with van der Waals surface area (Å²) < 4.78 is 6.85. The van der Waals surface area contributed by atoms with Crippen molar-refractivity contribution in [1.82, 2.24) is 9.97 Å². The normalized spacial score (nSPS) is 13.2. The Labute approximate surface area is 400 Å². The molecule has 10 aromatic rings. The van der Waals surface area contributed by atoms with Crippen LogP contribution in [0, 0.1) is 6.92 Å². The molecule has 7 aromatic carbocycles. The third-order valence-corrected chi connectivity index (χ3v) is 14.1. The maximum atomic E-state index is 12.0. The zero-order chi connectivity index (χ0) is 47.3. The van der Waals surface area contributed by atoms with Crippen molar-refractivity contribution in [3.63, 3.8) is 0 Å². The topological polar surface area (TPSA) is 59.2 Å². The average molecular weight is 885 g/mol. The monoisotopic (exact) mass is 884 g/mol. The number of pyridine rings is 2. The number of aromatic hydroxyl groups is 1. The van der Waals surface area contributed by atoms with Gasteiger partial charge in [-0.25, -0.2) is 4.98 Å². The summed E-state index contributed by atoms with van der Waals surface area (Å²) in [6.45, 7) is 20.3. The largest absolute Gasteiger partial charge is 0.507 e. The van der Waals surface area contributed by atoms with E-state index in [9.17, 15) is 5.11 Å². The second-order valence-corrected chi connectivity index (χ2v) is 21.3. The van der Waals surface area contributed by atoms with E-state index in [1.165, 1.54) is 27.8 Å². The van der Waals surface area contributed by atoms with Gasteiger partial charge in [0, 0.05) is 49.7 Å². The maximum Gasteiger partial charge on any atom is 0.143 e. The third-order valence-electron chi connectivity index (χ3n) is 14.1. The minimum Gasteiger partial charge on any atom is -0.507 e. The van der Waals surface area contributed by atoms with Gasteiger partial charge in [-0.3, -0.25) is 4.98 Å². The van der Waals surface area contributed by atoms with E-state index >= 15 is 0 Å². The van der Waals surface area contributed by atoms with E-state index in [0.29, 0.717) is 5.56 Å². The molecule has 0 atom stereocenters. The summed E-state index contributed by atoms with van der Waals surface area (Å²) in [6.07, 6.45) is 0. The number of hydrogen-bond donors (Lipinski definition) is 1. The van der Waals surface area contributed by atoms with Crippen molar-refractivity contribution < 1.29 is 9.52 Å². The van der Waals surface area contributed by atoms with Crippen LogP contribution < -0.4 is 0 Å². The van der Waals surface area contributed by atoms with Crippen LogP contribution in [0.15, 0.2) is 174 Å². The molecule has 1 aliphatic rings. The molecule has 0 radical (unpaired) electrons. The predicted molar refractivity (Wildman–Crippen MR) is 283 cm³/mol. The number of benzene rings is 7. The van der Waals surface area contributed by atoms with Crippen molar-refractivity contribution >= 4 is 21.9 Å². The van der Waals surface area contributed by atoms with Gasteiger partial charge < -0.3 is 9.52 Å². The van der Waals surface area contributed by atoms with E-state index in [4.69, 9.17) is 14.4 Å². The van der Waals surface area contributed by atoms with E-state index in [0.717, 1.165) is 94.8 Å². The smallest absolute Gasteiger partial charge is 0.143 e. The van der Waals surface area contributed by atoms with Gasteiger partial charge in [0.15, 0.2) is 0 Å². The van der Waals surface area contributed by atoms with E-state index < -0.39 is 0 Å². The third kappa shape index (κ3) is 7.40. The van der Waals surface area contributed by atoms with Crippen molar-refractivity contribution in [2.75, 3.05) is 0 Å². The first-order chi connectivity index (χ1) is 32.5. The molecule has 0 saturated carbocycles. The van der Waals surface area contributed by atoms with E-state index in [1.54, 1.807) is 0 Å². The molecule has 0 fully saturated rings. The molecule has 0 aliphatic heterocycles. The van der Waals surface area contributed by atoms with Crippen molar-refractivity contribution in [3.8, 4) is 84.0 Å². The first-order valence-corrected chi connectivity index (χ1v) is 23.8. The minimum atomic E-state index is -0.244. The van der Waals surface area contributed by atoms with Gasteiger partial charge in [0.25, 0.3) is 0 Å². The Kier molecular flexibility index (Phi) is 9.98. The molecule has 0 saturated heterocycles. The summed E-state index contributed by atoms with van der Waals surface area (Å²) in [5, 5.41) is 14.2. The Morgan fingerprint density at radius 2 is 0.941 bits per heavy atom. The van der Waals surface area contributed by atoms with Crippen LogP contribution in [0.25, 0.3) is 100 Å². The molecule has 1 N–H and O–H groups in total. The number of aryl methyl sites for hydroxylation is 1. The lowest BCUT2D eigenvalue weighted by atomic mass is 9.78. The highest BCUT2D eigenvalue weighted by atomic mass is 16.3.